The number of methoxy groups -OCH3 is 1. The first-order valence-electron chi connectivity index (χ1n) is 11.5. The number of fused-ring (bicyclic) bond motifs is 1. The highest BCUT2D eigenvalue weighted by Crippen LogP contribution is 2.39. The van der Waals surface area contributed by atoms with Crippen LogP contribution in [0.2, 0.25) is 5.02 Å². The number of carbonyl (C=O) groups excluding carboxylic acids is 1. The van der Waals surface area contributed by atoms with Crippen molar-refractivity contribution in [3.05, 3.63) is 47.2 Å². The molecule has 0 radical (unpaired) electrons. The molecule has 1 aliphatic rings. The number of morpholine rings is 1. The van der Waals surface area contributed by atoms with Crippen molar-refractivity contribution in [3.8, 4) is 5.75 Å². The molecule has 8 nitrogen and oxygen atoms in total. The fourth-order valence-electron chi connectivity index (χ4n) is 3.92. The number of halogens is 3. The Hall–Kier alpha value is -2.02. The number of aromatic nitrogens is 1. The number of hydrogen-bond donors (Lipinski definition) is 0. The summed E-state index contributed by atoms with van der Waals surface area (Å²) in [7, 11) is -2.09. The van der Waals surface area contributed by atoms with Crippen LogP contribution in [0, 0.1) is 5.82 Å². The zero-order chi connectivity index (χ0) is 25.7. The van der Waals surface area contributed by atoms with Crippen LogP contribution in [0.4, 0.5) is 9.52 Å². The smallest absolute Gasteiger partial charge is 0.228 e. The molecular formula is C24H28Cl2FN3O5S2. The molecule has 2 aromatic carbocycles. The van der Waals surface area contributed by atoms with Crippen LogP contribution in [0.15, 0.2) is 41.3 Å². The predicted molar refractivity (Wildman–Crippen MR) is 146 cm³/mol. The predicted octanol–water partition coefficient (Wildman–Crippen LogP) is 4.44. The van der Waals surface area contributed by atoms with Gasteiger partial charge >= 0.3 is 0 Å². The number of carbonyl (C=O) groups is 1. The Kier molecular flexibility index (Phi) is 10.5. The monoisotopic (exact) mass is 591 g/mol. The van der Waals surface area contributed by atoms with Gasteiger partial charge in [-0.3, -0.25) is 14.6 Å². The minimum Gasteiger partial charge on any atom is -0.494 e. The average molecular weight is 593 g/mol. The average Bonchev–Trinajstić information content (AvgIpc) is 3.31. The van der Waals surface area contributed by atoms with E-state index in [4.69, 9.17) is 21.1 Å². The van der Waals surface area contributed by atoms with Gasteiger partial charge in [-0.25, -0.2) is 17.8 Å². The molecule has 0 aliphatic carbocycles. The van der Waals surface area contributed by atoms with Crippen molar-refractivity contribution < 1.29 is 27.1 Å². The Morgan fingerprint density at radius 3 is 2.59 bits per heavy atom. The molecule has 0 unspecified atom stereocenters. The summed E-state index contributed by atoms with van der Waals surface area (Å²) in [5.74, 6) is -0.400. The Morgan fingerprint density at radius 2 is 1.92 bits per heavy atom. The third-order valence-corrected chi connectivity index (χ3v) is 9.27. The van der Waals surface area contributed by atoms with E-state index in [0.717, 1.165) is 25.2 Å². The Morgan fingerprint density at radius 1 is 1.22 bits per heavy atom. The molecule has 1 saturated heterocycles. The number of ether oxygens (including phenoxy) is 2. The van der Waals surface area contributed by atoms with Crippen LogP contribution < -0.4 is 9.64 Å². The van der Waals surface area contributed by atoms with Crippen LogP contribution in [0.25, 0.3) is 10.2 Å². The first-order valence-corrected chi connectivity index (χ1v) is 14.3. The molecule has 1 fully saturated rings. The van der Waals surface area contributed by atoms with Crippen molar-refractivity contribution in [2.45, 2.75) is 17.7 Å². The molecule has 1 amide bonds. The van der Waals surface area contributed by atoms with Gasteiger partial charge in [0.25, 0.3) is 0 Å². The molecule has 0 N–H and O–H groups in total. The molecule has 0 saturated carbocycles. The standard InChI is InChI=1S/C24H27ClFN3O5S2.ClH/c1-33-20-9-8-19(25)23-22(20)27-24(35-23)29(11-10-28-12-14-34-15-13-28)21(30)3-2-16-36(31,32)18-6-4-17(26)5-7-18;/h4-9H,2-3,10-16H2,1H3;1H. The SMILES string of the molecule is COc1ccc(Cl)c2sc(N(CCN3CCOCC3)C(=O)CCCS(=O)(=O)c3ccc(F)cc3)nc12.Cl. The number of thiazole rings is 1. The van der Waals surface area contributed by atoms with Crippen LogP contribution in [0.3, 0.4) is 0 Å². The van der Waals surface area contributed by atoms with E-state index in [9.17, 15) is 17.6 Å². The molecule has 0 bridgehead atoms. The Labute approximate surface area is 230 Å². The normalized spacial score (nSPS) is 14.4. The summed E-state index contributed by atoms with van der Waals surface area (Å²) in [4.78, 5) is 21.8. The van der Waals surface area contributed by atoms with Crippen LogP contribution in [0.1, 0.15) is 12.8 Å². The van der Waals surface area contributed by atoms with Gasteiger partial charge in [-0.1, -0.05) is 22.9 Å². The molecule has 1 aliphatic heterocycles. The topological polar surface area (TPSA) is 89.0 Å². The van der Waals surface area contributed by atoms with Crippen molar-refractivity contribution in [1.82, 2.24) is 9.88 Å². The maximum Gasteiger partial charge on any atom is 0.228 e. The van der Waals surface area contributed by atoms with E-state index in [-0.39, 0.29) is 41.8 Å². The second-order valence-electron chi connectivity index (χ2n) is 8.30. The number of sulfone groups is 1. The van der Waals surface area contributed by atoms with Crippen LogP contribution >= 0.6 is 35.3 Å². The maximum atomic E-state index is 13.3. The highest BCUT2D eigenvalue weighted by molar-refractivity contribution is 7.91. The second-order valence-corrected chi connectivity index (χ2v) is 11.8. The number of anilines is 1. The van der Waals surface area contributed by atoms with Gasteiger partial charge in [0, 0.05) is 32.6 Å². The van der Waals surface area contributed by atoms with Crippen molar-refractivity contribution in [3.63, 3.8) is 0 Å². The summed E-state index contributed by atoms with van der Waals surface area (Å²) in [5.41, 5.74) is 0.577. The maximum absolute atomic E-state index is 13.3. The molecule has 4 rings (SSSR count). The highest BCUT2D eigenvalue weighted by atomic mass is 35.5. The minimum absolute atomic E-state index is 0. The Bertz CT molecular complexity index is 1320. The zero-order valence-corrected chi connectivity index (χ0v) is 23.4. The van der Waals surface area contributed by atoms with E-state index in [1.54, 1.807) is 24.1 Å². The minimum atomic E-state index is -3.63. The summed E-state index contributed by atoms with van der Waals surface area (Å²) in [6.07, 6.45) is 0.145. The van der Waals surface area contributed by atoms with Gasteiger partial charge in [0.2, 0.25) is 5.91 Å². The number of nitrogens with zero attached hydrogens (tertiary/aromatic N) is 3. The molecular weight excluding hydrogens is 564 g/mol. The lowest BCUT2D eigenvalue weighted by atomic mass is 10.3. The lowest BCUT2D eigenvalue weighted by Gasteiger charge is -2.29. The van der Waals surface area contributed by atoms with Crippen LogP contribution in [-0.2, 0) is 19.4 Å². The number of hydrogen-bond acceptors (Lipinski definition) is 8. The van der Waals surface area contributed by atoms with Crippen LogP contribution in [0.5, 0.6) is 5.75 Å². The van der Waals surface area contributed by atoms with Crippen LogP contribution in [-0.4, -0.2) is 76.5 Å². The fraction of sp³-hybridized carbons (Fsp3) is 0.417. The quantitative estimate of drug-likeness (QED) is 0.322. The van der Waals surface area contributed by atoms with E-state index < -0.39 is 15.7 Å². The summed E-state index contributed by atoms with van der Waals surface area (Å²) < 4.78 is 49.9. The van der Waals surface area contributed by atoms with Crippen molar-refractivity contribution in [2.75, 3.05) is 57.2 Å². The molecule has 0 atom stereocenters. The third-order valence-electron chi connectivity index (χ3n) is 5.92. The van der Waals surface area contributed by atoms with Gasteiger partial charge in [-0.15, -0.1) is 12.4 Å². The van der Waals surface area contributed by atoms with Gasteiger partial charge in [-0.05, 0) is 42.8 Å². The summed E-state index contributed by atoms with van der Waals surface area (Å²) in [6, 6.07) is 8.15. The van der Waals surface area contributed by atoms with E-state index in [0.29, 0.717) is 52.4 Å². The van der Waals surface area contributed by atoms with E-state index in [2.05, 4.69) is 9.88 Å². The largest absolute Gasteiger partial charge is 0.494 e. The summed E-state index contributed by atoms with van der Waals surface area (Å²) >= 11 is 7.68. The fourth-order valence-corrected chi connectivity index (χ4v) is 6.53. The van der Waals surface area contributed by atoms with E-state index in [1.165, 1.54) is 23.5 Å². The first-order chi connectivity index (χ1) is 17.3. The number of rotatable bonds is 10. The van der Waals surface area contributed by atoms with Gasteiger partial charge in [0.15, 0.2) is 15.0 Å². The molecule has 13 heteroatoms. The van der Waals surface area contributed by atoms with E-state index >= 15 is 0 Å². The third kappa shape index (κ3) is 7.30. The number of benzene rings is 2. The van der Waals surface area contributed by atoms with Gasteiger partial charge in [0.1, 0.15) is 17.1 Å². The number of amides is 1. The lowest BCUT2D eigenvalue weighted by Crippen LogP contribution is -2.43. The van der Waals surface area contributed by atoms with Crippen molar-refractivity contribution in [2.24, 2.45) is 0 Å². The van der Waals surface area contributed by atoms with Gasteiger partial charge in [0.05, 0.1) is 40.7 Å². The second kappa shape index (κ2) is 13.2. The molecule has 37 heavy (non-hydrogen) atoms. The lowest BCUT2D eigenvalue weighted by molar-refractivity contribution is -0.118. The summed E-state index contributed by atoms with van der Waals surface area (Å²) in [5, 5.41) is 0.997. The van der Waals surface area contributed by atoms with Crippen molar-refractivity contribution in [1.29, 1.82) is 0 Å². The molecule has 202 valence electrons. The van der Waals surface area contributed by atoms with Gasteiger partial charge in [-0.2, -0.15) is 0 Å². The zero-order valence-electron chi connectivity index (χ0n) is 20.2. The highest BCUT2D eigenvalue weighted by Gasteiger charge is 2.24. The first kappa shape index (κ1) is 29.5. The summed E-state index contributed by atoms with van der Waals surface area (Å²) in [6.45, 7) is 3.86. The molecule has 1 aromatic heterocycles. The van der Waals surface area contributed by atoms with E-state index in [1.807, 2.05) is 0 Å². The van der Waals surface area contributed by atoms with Gasteiger partial charge < -0.3 is 9.47 Å². The molecule has 0 spiro atoms. The molecule has 3 aromatic rings. The molecule has 2 heterocycles. The Balaban J connectivity index is 0.00000380. The van der Waals surface area contributed by atoms with Crippen molar-refractivity contribution >= 4 is 66.4 Å².